The third-order valence-corrected chi connectivity index (χ3v) is 2.11. The summed E-state index contributed by atoms with van der Waals surface area (Å²) in [6, 6.07) is 0. The highest BCUT2D eigenvalue weighted by Gasteiger charge is 2.18. The third-order valence-electron chi connectivity index (χ3n) is 2.11. The van der Waals surface area contributed by atoms with Crippen LogP contribution in [0, 0.1) is 0 Å². The predicted octanol–water partition coefficient (Wildman–Crippen LogP) is -0.482. The molecule has 0 saturated carbocycles. The van der Waals surface area contributed by atoms with E-state index in [0.717, 1.165) is 11.4 Å². The Balaban J connectivity index is 1.78. The molecular formula is C8H10N4O2. The van der Waals surface area contributed by atoms with E-state index in [-0.39, 0.29) is 11.8 Å². The molecule has 0 spiro atoms. The highest BCUT2D eigenvalue weighted by molar-refractivity contribution is 6.09. The van der Waals surface area contributed by atoms with Crippen molar-refractivity contribution >= 4 is 23.2 Å². The van der Waals surface area contributed by atoms with E-state index in [1.807, 2.05) is 0 Å². The van der Waals surface area contributed by atoms with Crippen molar-refractivity contribution in [1.82, 2.24) is 10.9 Å². The van der Waals surface area contributed by atoms with Gasteiger partial charge < -0.3 is 0 Å². The van der Waals surface area contributed by atoms with Crippen molar-refractivity contribution in [2.45, 2.75) is 25.7 Å². The summed E-state index contributed by atoms with van der Waals surface area (Å²) in [6.45, 7) is 0. The largest absolute Gasteiger partial charge is 0.273 e. The zero-order valence-electron chi connectivity index (χ0n) is 7.54. The normalized spacial score (nSPS) is 20.3. The van der Waals surface area contributed by atoms with E-state index in [1.54, 1.807) is 0 Å². The van der Waals surface area contributed by atoms with Gasteiger partial charge in [-0.1, -0.05) is 0 Å². The van der Waals surface area contributed by atoms with Gasteiger partial charge in [-0.2, -0.15) is 10.2 Å². The summed E-state index contributed by atoms with van der Waals surface area (Å²) < 4.78 is 0. The molecule has 74 valence electrons. The highest BCUT2D eigenvalue weighted by Crippen LogP contribution is 2.07. The molecule has 6 heteroatoms. The molecule has 0 aromatic rings. The zero-order chi connectivity index (χ0) is 9.97. The van der Waals surface area contributed by atoms with Crippen molar-refractivity contribution in [3.63, 3.8) is 0 Å². The first-order valence-electron chi connectivity index (χ1n) is 4.42. The van der Waals surface area contributed by atoms with Gasteiger partial charge in [-0.15, -0.1) is 0 Å². The fourth-order valence-electron chi connectivity index (χ4n) is 1.39. The van der Waals surface area contributed by atoms with Gasteiger partial charge >= 0.3 is 0 Å². The number of hydrogen-bond donors (Lipinski definition) is 2. The lowest BCUT2D eigenvalue weighted by Gasteiger charge is -1.96. The van der Waals surface area contributed by atoms with Crippen LogP contribution in [0.15, 0.2) is 10.2 Å². The number of hydrazone groups is 2. The molecule has 0 aromatic carbocycles. The first-order valence-corrected chi connectivity index (χ1v) is 4.42. The van der Waals surface area contributed by atoms with Crippen LogP contribution in [0.3, 0.4) is 0 Å². The smallest absolute Gasteiger partial charge is 0.245 e. The van der Waals surface area contributed by atoms with Crippen molar-refractivity contribution in [2.75, 3.05) is 0 Å². The van der Waals surface area contributed by atoms with Gasteiger partial charge in [0.05, 0.1) is 12.8 Å². The number of nitrogens with one attached hydrogen (secondary N) is 2. The van der Waals surface area contributed by atoms with E-state index < -0.39 is 0 Å². The number of rotatable bonds is 3. The van der Waals surface area contributed by atoms with Gasteiger partial charge in [0.25, 0.3) is 0 Å². The van der Waals surface area contributed by atoms with Crippen LogP contribution in [-0.4, -0.2) is 23.2 Å². The van der Waals surface area contributed by atoms with Gasteiger partial charge in [0, 0.05) is 11.4 Å². The molecule has 0 unspecified atom stereocenters. The molecule has 2 rings (SSSR count). The van der Waals surface area contributed by atoms with E-state index in [2.05, 4.69) is 21.1 Å². The van der Waals surface area contributed by atoms with Crippen LogP contribution < -0.4 is 10.9 Å². The lowest BCUT2D eigenvalue weighted by Crippen LogP contribution is -2.09. The van der Waals surface area contributed by atoms with Gasteiger partial charge in [0.2, 0.25) is 11.8 Å². The summed E-state index contributed by atoms with van der Waals surface area (Å²) in [5.74, 6) is -0.134. The summed E-state index contributed by atoms with van der Waals surface area (Å²) >= 11 is 0. The Morgan fingerprint density at radius 1 is 0.929 bits per heavy atom. The van der Waals surface area contributed by atoms with Crippen LogP contribution in [0.4, 0.5) is 0 Å². The molecular weight excluding hydrogens is 184 g/mol. The van der Waals surface area contributed by atoms with Crippen LogP contribution in [0.25, 0.3) is 0 Å². The molecule has 6 nitrogen and oxygen atoms in total. The van der Waals surface area contributed by atoms with E-state index in [9.17, 15) is 9.59 Å². The Bertz CT molecular complexity index is 311. The second-order valence-electron chi connectivity index (χ2n) is 3.28. The standard InChI is InChI=1S/C8H10N4O2/c13-7-3-5(9-11-7)1-2-6-4-8(14)12-10-6/h1-4H2,(H,11,13)(H,12,14). The Morgan fingerprint density at radius 3 is 1.64 bits per heavy atom. The van der Waals surface area contributed by atoms with E-state index in [4.69, 9.17) is 0 Å². The number of amides is 2. The molecule has 2 heterocycles. The van der Waals surface area contributed by atoms with Crippen molar-refractivity contribution in [1.29, 1.82) is 0 Å². The molecule has 0 bridgehead atoms. The molecule has 0 radical (unpaired) electrons. The molecule has 0 aliphatic carbocycles. The van der Waals surface area contributed by atoms with E-state index >= 15 is 0 Å². The average Bonchev–Trinajstić information content (AvgIpc) is 2.72. The molecule has 2 N–H and O–H groups in total. The number of carbonyl (C=O) groups is 2. The van der Waals surface area contributed by atoms with E-state index in [0.29, 0.717) is 25.7 Å². The molecule has 2 aliphatic heterocycles. The third kappa shape index (κ3) is 1.95. The van der Waals surface area contributed by atoms with Crippen molar-refractivity contribution < 1.29 is 9.59 Å². The first kappa shape index (κ1) is 8.86. The average molecular weight is 194 g/mol. The zero-order valence-corrected chi connectivity index (χ0v) is 7.54. The Morgan fingerprint density at radius 2 is 1.36 bits per heavy atom. The van der Waals surface area contributed by atoms with Gasteiger partial charge in [0.1, 0.15) is 0 Å². The monoisotopic (exact) mass is 194 g/mol. The van der Waals surface area contributed by atoms with Crippen LogP contribution in [0.5, 0.6) is 0 Å². The van der Waals surface area contributed by atoms with Crippen LogP contribution >= 0.6 is 0 Å². The minimum atomic E-state index is -0.0671. The predicted molar refractivity (Wildman–Crippen MR) is 49.6 cm³/mol. The lowest BCUT2D eigenvalue weighted by molar-refractivity contribution is -0.120. The molecule has 2 aliphatic rings. The van der Waals surface area contributed by atoms with Gasteiger partial charge in [0.15, 0.2) is 0 Å². The molecule has 0 atom stereocenters. The van der Waals surface area contributed by atoms with Crippen LogP contribution in [0.1, 0.15) is 25.7 Å². The Kier molecular flexibility index (Phi) is 2.26. The maximum Gasteiger partial charge on any atom is 0.245 e. The Labute approximate surface area is 80.4 Å². The van der Waals surface area contributed by atoms with Crippen LogP contribution in [0.2, 0.25) is 0 Å². The number of carbonyl (C=O) groups excluding carboxylic acids is 2. The maximum atomic E-state index is 10.8. The quantitative estimate of drug-likeness (QED) is 0.636. The lowest BCUT2D eigenvalue weighted by atomic mass is 10.1. The maximum absolute atomic E-state index is 10.8. The van der Waals surface area contributed by atoms with Crippen molar-refractivity contribution in [2.24, 2.45) is 10.2 Å². The van der Waals surface area contributed by atoms with E-state index in [1.165, 1.54) is 0 Å². The summed E-state index contributed by atoms with van der Waals surface area (Å²) in [5.41, 5.74) is 6.42. The Hall–Kier alpha value is -1.72. The van der Waals surface area contributed by atoms with Crippen molar-refractivity contribution in [3.05, 3.63) is 0 Å². The molecule has 0 aromatic heterocycles. The summed E-state index contributed by atoms with van der Waals surface area (Å²) in [6.07, 6.45) is 2.11. The highest BCUT2D eigenvalue weighted by atomic mass is 16.2. The summed E-state index contributed by atoms with van der Waals surface area (Å²) in [5, 5.41) is 7.71. The van der Waals surface area contributed by atoms with Crippen molar-refractivity contribution in [3.8, 4) is 0 Å². The molecule has 0 fully saturated rings. The summed E-state index contributed by atoms with van der Waals surface area (Å²) in [4.78, 5) is 21.6. The SMILES string of the molecule is O=C1CC(CCC2=NNC(=O)C2)=NN1. The topological polar surface area (TPSA) is 82.9 Å². The van der Waals surface area contributed by atoms with Gasteiger partial charge in [-0.3, -0.25) is 9.59 Å². The molecule has 2 amide bonds. The summed E-state index contributed by atoms with van der Waals surface area (Å²) in [7, 11) is 0. The fourth-order valence-corrected chi connectivity index (χ4v) is 1.39. The van der Waals surface area contributed by atoms with Crippen LogP contribution in [-0.2, 0) is 9.59 Å². The van der Waals surface area contributed by atoms with Gasteiger partial charge in [-0.25, -0.2) is 10.9 Å². The fraction of sp³-hybridized carbons (Fsp3) is 0.500. The first-order chi connectivity index (χ1) is 6.74. The number of hydrogen-bond acceptors (Lipinski definition) is 4. The minimum Gasteiger partial charge on any atom is -0.273 e. The minimum absolute atomic E-state index is 0.0671. The molecule has 14 heavy (non-hydrogen) atoms. The van der Waals surface area contributed by atoms with Gasteiger partial charge in [-0.05, 0) is 12.8 Å². The number of nitrogens with zero attached hydrogens (tertiary/aromatic N) is 2. The second kappa shape index (κ2) is 3.57. The molecule has 0 saturated heterocycles. The second-order valence-corrected chi connectivity index (χ2v) is 3.28.